The number of aromatic nitrogens is 2. The average molecular weight is 235 g/mol. The summed E-state index contributed by atoms with van der Waals surface area (Å²) >= 11 is 0. The number of nitrogens with one attached hydrogen (secondary N) is 1. The van der Waals surface area contributed by atoms with E-state index in [4.69, 9.17) is 0 Å². The van der Waals surface area contributed by atoms with Gasteiger partial charge in [0, 0.05) is 24.5 Å². The van der Waals surface area contributed by atoms with Crippen molar-refractivity contribution in [2.24, 2.45) is 11.3 Å². The van der Waals surface area contributed by atoms with E-state index in [0.717, 1.165) is 12.5 Å². The van der Waals surface area contributed by atoms with E-state index < -0.39 is 0 Å². The molecular formula is C14H25N3. The summed E-state index contributed by atoms with van der Waals surface area (Å²) in [5.41, 5.74) is 0.502. The van der Waals surface area contributed by atoms with E-state index in [1.807, 2.05) is 23.1 Å². The SMILES string of the molecule is CC(Cn1cccn1)NC1CC(C)(C)CC1C. The van der Waals surface area contributed by atoms with Crippen LogP contribution in [0.25, 0.3) is 0 Å². The Morgan fingerprint density at radius 2 is 2.24 bits per heavy atom. The van der Waals surface area contributed by atoms with E-state index in [-0.39, 0.29) is 0 Å². The fraction of sp³-hybridized carbons (Fsp3) is 0.786. The molecule has 1 fully saturated rings. The largest absolute Gasteiger partial charge is 0.309 e. The highest BCUT2D eigenvalue weighted by Gasteiger charge is 2.36. The molecule has 1 aliphatic carbocycles. The molecule has 1 aromatic rings. The van der Waals surface area contributed by atoms with Crippen LogP contribution in [-0.2, 0) is 6.54 Å². The van der Waals surface area contributed by atoms with Crippen molar-refractivity contribution >= 4 is 0 Å². The van der Waals surface area contributed by atoms with Gasteiger partial charge in [-0.3, -0.25) is 4.68 Å². The first kappa shape index (κ1) is 12.6. The molecule has 1 saturated carbocycles. The minimum Gasteiger partial charge on any atom is -0.309 e. The Morgan fingerprint density at radius 3 is 2.76 bits per heavy atom. The van der Waals surface area contributed by atoms with Crippen LogP contribution in [0.15, 0.2) is 18.5 Å². The van der Waals surface area contributed by atoms with Crippen molar-refractivity contribution in [3.05, 3.63) is 18.5 Å². The molecule has 0 amide bonds. The Bertz CT molecular complexity index is 342. The lowest BCUT2D eigenvalue weighted by Gasteiger charge is -2.23. The van der Waals surface area contributed by atoms with Crippen LogP contribution in [0.3, 0.4) is 0 Å². The zero-order chi connectivity index (χ0) is 12.5. The summed E-state index contributed by atoms with van der Waals surface area (Å²) in [7, 11) is 0. The molecule has 3 nitrogen and oxygen atoms in total. The van der Waals surface area contributed by atoms with Crippen molar-refractivity contribution in [1.82, 2.24) is 15.1 Å². The van der Waals surface area contributed by atoms with Gasteiger partial charge in [0.05, 0.1) is 6.54 Å². The van der Waals surface area contributed by atoms with Crippen LogP contribution in [0.4, 0.5) is 0 Å². The molecule has 0 aliphatic heterocycles. The van der Waals surface area contributed by atoms with Crippen molar-refractivity contribution in [2.75, 3.05) is 0 Å². The zero-order valence-electron chi connectivity index (χ0n) is 11.5. The van der Waals surface area contributed by atoms with Crippen molar-refractivity contribution in [1.29, 1.82) is 0 Å². The van der Waals surface area contributed by atoms with Crippen LogP contribution in [0, 0.1) is 11.3 Å². The maximum absolute atomic E-state index is 4.26. The molecule has 1 aliphatic rings. The highest BCUT2D eigenvalue weighted by atomic mass is 15.3. The van der Waals surface area contributed by atoms with Gasteiger partial charge in [-0.25, -0.2) is 0 Å². The third-order valence-corrected chi connectivity index (χ3v) is 3.85. The molecule has 2 rings (SSSR count). The van der Waals surface area contributed by atoms with Crippen LogP contribution in [0.5, 0.6) is 0 Å². The van der Waals surface area contributed by atoms with Gasteiger partial charge in [0.25, 0.3) is 0 Å². The minimum atomic E-state index is 0.483. The monoisotopic (exact) mass is 235 g/mol. The Morgan fingerprint density at radius 1 is 1.47 bits per heavy atom. The Balaban J connectivity index is 1.85. The fourth-order valence-corrected chi connectivity index (χ4v) is 3.22. The Hall–Kier alpha value is -0.830. The summed E-state index contributed by atoms with van der Waals surface area (Å²) in [6.07, 6.45) is 6.49. The van der Waals surface area contributed by atoms with Gasteiger partial charge in [-0.2, -0.15) is 5.10 Å². The quantitative estimate of drug-likeness (QED) is 0.869. The first-order chi connectivity index (χ1) is 7.96. The second-order valence-electron chi connectivity index (χ2n) is 6.45. The van der Waals surface area contributed by atoms with Crippen LogP contribution in [0.2, 0.25) is 0 Å². The van der Waals surface area contributed by atoms with E-state index in [0.29, 0.717) is 17.5 Å². The summed E-state index contributed by atoms with van der Waals surface area (Å²) in [6, 6.07) is 3.13. The summed E-state index contributed by atoms with van der Waals surface area (Å²) < 4.78 is 2.00. The summed E-state index contributed by atoms with van der Waals surface area (Å²) in [5.74, 6) is 0.782. The highest BCUT2D eigenvalue weighted by molar-refractivity contribution is 4.92. The van der Waals surface area contributed by atoms with Gasteiger partial charge < -0.3 is 5.32 Å². The minimum absolute atomic E-state index is 0.483. The Kier molecular flexibility index (Phi) is 3.57. The van der Waals surface area contributed by atoms with Crippen molar-refractivity contribution in [2.45, 2.75) is 59.2 Å². The molecule has 3 heteroatoms. The molecule has 3 unspecified atom stereocenters. The Labute approximate surface area is 105 Å². The van der Waals surface area contributed by atoms with Crippen LogP contribution >= 0.6 is 0 Å². The molecule has 96 valence electrons. The summed E-state index contributed by atoms with van der Waals surface area (Å²) in [6.45, 7) is 10.3. The lowest BCUT2D eigenvalue weighted by Crippen LogP contribution is -2.40. The molecule has 0 spiro atoms. The second-order valence-corrected chi connectivity index (χ2v) is 6.45. The molecule has 0 saturated heterocycles. The number of hydrogen-bond acceptors (Lipinski definition) is 2. The van der Waals surface area contributed by atoms with Crippen LogP contribution in [0.1, 0.15) is 40.5 Å². The first-order valence-corrected chi connectivity index (χ1v) is 6.70. The lowest BCUT2D eigenvalue weighted by atomic mass is 9.91. The van der Waals surface area contributed by atoms with Crippen molar-refractivity contribution in [3.8, 4) is 0 Å². The number of rotatable bonds is 4. The predicted molar refractivity (Wildman–Crippen MR) is 70.8 cm³/mol. The zero-order valence-corrected chi connectivity index (χ0v) is 11.5. The van der Waals surface area contributed by atoms with Crippen molar-refractivity contribution in [3.63, 3.8) is 0 Å². The summed E-state index contributed by atoms with van der Waals surface area (Å²) in [5, 5.41) is 8.02. The normalized spacial score (nSPS) is 29.4. The molecule has 1 N–H and O–H groups in total. The molecule has 1 heterocycles. The molecule has 1 aromatic heterocycles. The van der Waals surface area contributed by atoms with E-state index in [9.17, 15) is 0 Å². The van der Waals surface area contributed by atoms with E-state index >= 15 is 0 Å². The maximum Gasteiger partial charge on any atom is 0.0560 e. The number of hydrogen-bond donors (Lipinski definition) is 1. The van der Waals surface area contributed by atoms with Crippen LogP contribution < -0.4 is 5.32 Å². The smallest absolute Gasteiger partial charge is 0.0560 e. The maximum atomic E-state index is 4.26. The van der Waals surface area contributed by atoms with Gasteiger partial charge in [0.15, 0.2) is 0 Å². The van der Waals surface area contributed by atoms with E-state index in [2.05, 4.69) is 38.1 Å². The van der Waals surface area contributed by atoms with Gasteiger partial charge in [-0.15, -0.1) is 0 Å². The molecule has 3 atom stereocenters. The van der Waals surface area contributed by atoms with Crippen LogP contribution in [-0.4, -0.2) is 21.9 Å². The van der Waals surface area contributed by atoms with Crippen molar-refractivity contribution < 1.29 is 0 Å². The molecule has 0 bridgehead atoms. The van der Waals surface area contributed by atoms with Gasteiger partial charge in [0.1, 0.15) is 0 Å². The van der Waals surface area contributed by atoms with E-state index in [1.54, 1.807) is 0 Å². The standard InChI is InChI=1S/C14H25N3/c1-11-8-14(3,4)9-13(11)16-12(2)10-17-7-5-6-15-17/h5-7,11-13,16H,8-10H2,1-4H3. The van der Waals surface area contributed by atoms with E-state index in [1.165, 1.54) is 12.8 Å². The third kappa shape index (κ3) is 3.32. The van der Waals surface area contributed by atoms with Gasteiger partial charge >= 0.3 is 0 Å². The van der Waals surface area contributed by atoms with Gasteiger partial charge in [0.2, 0.25) is 0 Å². The van der Waals surface area contributed by atoms with Gasteiger partial charge in [-0.1, -0.05) is 20.8 Å². The molecular weight excluding hydrogens is 210 g/mol. The molecule has 0 aromatic carbocycles. The lowest BCUT2D eigenvalue weighted by molar-refractivity contribution is 0.339. The topological polar surface area (TPSA) is 29.9 Å². The highest BCUT2D eigenvalue weighted by Crippen LogP contribution is 2.40. The second kappa shape index (κ2) is 4.81. The predicted octanol–water partition coefficient (Wildman–Crippen LogP) is 2.69. The average Bonchev–Trinajstić information content (AvgIpc) is 2.75. The first-order valence-electron chi connectivity index (χ1n) is 6.70. The third-order valence-electron chi connectivity index (χ3n) is 3.85. The molecule has 0 radical (unpaired) electrons. The molecule has 17 heavy (non-hydrogen) atoms. The van der Waals surface area contributed by atoms with Gasteiger partial charge in [-0.05, 0) is 37.2 Å². The fourth-order valence-electron chi connectivity index (χ4n) is 3.22. The number of nitrogens with zero attached hydrogens (tertiary/aromatic N) is 2. The summed E-state index contributed by atoms with van der Waals surface area (Å²) in [4.78, 5) is 0.